The van der Waals surface area contributed by atoms with Gasteiger partial charge < -0.3 is 9.80 Å². The molecule has 0 radical (unpaired) electrons. The highest BCUT2D eigenvalue weighted by atomic mass is 35.5. The first-order chi connectivity index (χ1) is 17.1. The van der Waals surface area contributed by atoms with Crippen LogP contribution < -0.4 is 4.90 Å². The first-order valence-electron chi connectivity index (χ1n) is 12.0. The number of amides is 4. The molecule has 2 aromatic carbocycles. The van der Waals surface area contributed by atoms with Crippen molar-refractivity contribution in [1.29, 1.82) is 5.26 Å². The van der Waals surface area contributed by atoms with E-state index in [1.165, 1.54) is 23.1 Å². The number of halogens is 2. The largest absolute Gasteiger partial charge is 0.339 e. The molecule has 1 saturated carbocycles. The molecule has 5 rings (SSSR count). The van der Waals surface area contributed by atoms with Crippen LogP contribution in [0.25, 0.3) is 0 Å². The van der Waals surface area contributed by atoms with E-state index in [2.05, 4.69) is 13.0 Å². The summed E-state index contributed by atoms with van der Waals surface area (Å²) < 4.78 is 0. The van der Waals surface area contributed by atoms with Crippen molar-refractivity contribution >= 4 is 46.7 Å². The Morgan fingerprint density at radius 1 is 1.08 bits per heavy atom. The van der Waals surface area contributed by atoms with Crippen LogP contribution in [0.4, 0.5) is 10.5 Å². The number of nitriles is 1. The Bertz CT molecular complexity index is 1270. The van der Waals surface area contributed by atoms with E-state index in [1.54, 1.807) is 36.2 Å². The van der Waals surface area contributed by atoms with Gasteiger partial charge in [-0.1, -0.05) is 42.3 Å². The smallest absolute Gasteiger partial charge is 0.332 e. The Morgan fingerprint density at radius 3 is 2.33 bits per heavy atom. The van der Waals surface area contributed by atoms with Gasteiger partial charge in [0.1, 0.15) is 5.54 Å². The topological polar surface area (TPSA) is 84.7 Å². The van der Waals surface area contributed by atoms with Crippen molar-refractivity contribution in [3.8, 4) is 6.07 Å². The second kappa shape index (κ2) is 9.10. The second-order valence-corrected chi connectivity index (χ2v) is 11.0. The number of hydrogen-bond donors (Lipinski definition) is 0. The van der Waals surface area contributed by atoms with Crippen LogP contribution in [0.2, 0.25) is 10.0 Å². The first-order valence-corrected chi connectivity index (χ1v) is 12.8. The van der Waals surface area contributed by atoms with Gasteiger partial charge in [0.15, 0.2) is 0 Å². The molecule has 36 heavy (non-hydrogen) atoms. The molecular weight excluding hydrogens is 499 g/mol. The lowest BCUT2D eigenvalue weighted by molar-refractivity contribution is -0.135. The number of nitrogens with zero attached hydrogens (tertiary/aromatic N) is 4. The summed E-state index contributed by atoms with van der Waals surface area (Å²) in [5, 5.41) is 9.86. The highest BCUT2D eigenvalue weighted by molar-refractivity contribution is 6.35. The van der Waals surface area contributed by atoms with Crippen molar-refractivity contribution in [2.45, 2.75) is 37.6 Å². The number of anilines is 1. The first kappa shape index (κ1) is 24.6. The molecule has 7 nitrogen and oxygen atoms in total. The van der Waals surface area contributed by atoms with E-state index in [0.29, 0.717) is 33.8 Å². The SMILES string of the molecule is C[C@H]1CC[C@@H](C(=O)N2C[C@@H](c3ccc(C#N)cc3)[C@]3(C2)C(=O)N(c2cc(Cl)cc(Cl)c2)C(=O)N3C)C1. The maximum atomic E-state index is 14.2. The Kier molecular flexibility index (Phi) is 6.22. The molecule has 2 saturated heterocycles. The van der Waals surface area contributed by atoms with Gasteiger partial charge in [-0.25, -0.2) is 9.69 Å². The highest BCUT2D eigenvalue weighted by Crippen LogP contribution is 2.47. The number of urea groups is 1. The molecule has 3 aliphatic rings. The number of carbonyl (C=O) groups is 3. The van der Waals surface area contributed by atoms with Crippen molar-refractivity contribution in [2.75, 3.05) is 25.0 Å². The van der Waals surface area contributed by atoms with Crippen molar-refractivity contribution in [1.82, 2.24) is 9.80 Å². The fourth-order valence-corrected chi connectivity index (χ4v) is 6.58. The molecule has 0 aromatic heterocycles. The minimum absolute atomic E-state index is 0.0350. The van der Waals surface area contributed by atoms with Gasteiger partial charge in [0.05, 0.1) is 23.9 Å². The molecule has 0 N–H and O–H groups in total. The summed E-state index contributed by atoms with van der Waals surface area (Å²) in [6.07, 6.45) is 2.68. The summed E-state index contributed by atoms with van der Waals surface area (Å²) >= 11 is 12.4. The van der Waals surface area contributed by atoms with Gasteiger partial charge in [0, 0.05) is 35.5 Å². The van der Waals surface area contributed by atoms with Crippen LogP contribution in [0, 0.1) is 23.2 Å². The third-order valence-corrected chi connectivity index (χ3v) is 8.40. The lowest BCUT2D eigenvalue weighted by atomic mass is 9.80. The molecular formula is C27H26Cl2N4O3. The predicted molar refractivity (Wildman–Crippen MR) is 137 cm³/mol. The van der Waals surface area contributed by atoms with Crippen LogP contribution in [0.1, 0.15) is 43.2 Å². The molecule has 3 fully saturated rings. The number of carbonyl (C=O) groups excluding carboxylic acids is 3. The lowest BCUT2D eigenvalue weighted by Crippen LogP contribution is -2.54. The van der Waals surface area contributed by atoms with Crippen LogP contribution in [0.3, 0.4) is 0 Å². The molecule has 1 spiro atoms. The van der Waals surface area contributed by atoms with Gasteiger partial charge in [-0.15, -0.1) is 0 Å². The van der Waals surface area contributed by atoms with Crippen molar-refractivity contribution < 1.29 is 14.4 Å². The summed E-state index contributed by atoms with van der Waals surface area (Å²) in [5.74, 6) is -0.429. The van der Waals surface area contributed by atoms with Gasteiger partial charge in [-0.3, -0.25) is 9.59 Å². The molecule has 186 valence electrons. The Labute approximate surface area is 220 Å². The zero-order valence-corrected chi connectivity index (χ0v) is 21.6. The molecule has 2 aliphatic heterocycles. The van der Waals surface area contributed by atoms with E-state index in [9.17, 15) is 19.6 Å². The zero-order valence-electron chi connectivity index (χ0n) is 20.1. The molecule has 1 aliphatic carbocycles. The van der Waals surface area contributed by atoms with E-state index in [4.69, 9.17) is 23.2 Å². The summed E-state index contributed by atoms with van der Waals surface area (Å²) in [7, 11) is 1.61. The number of imide groups is 1. The molecule has 4 atom stereocenters. The molecule has 2 heterocycles. The Hall–Kier alpha value is -3.08. The molecule has 9 heteroatoms. The fourth-order valence-electron chi connectivity index (χ4n) is 6.06. The summed E-state index contributed by atoms with van der Waals surface area (Å²) in [6, 6.07) is 13.2. The predicted octanol–water partition coefficient (Wildman–Crippen LogP) is 5.06. The van der Waals surface area contributed by atoms with Crippen LogP contribution in [0.5, 0.6) is 0 Å². The van der Waals surface area contributed by atoms with Gasteiger partial charge in [0.2, 0.25) is 5.91 Å². The Morgan fingerprint density at radius 2 is 1.75 bits per heavy atom. The maximum absolute atomic E-state index is 14.2. The standard InChI is InChI=1S/C27H26Cl2N4O3/c1-16-3-6-19(9-16)24(34)32-14-23(18-7-4-17(13-30)5-8-18)27(15-32)25(35)33(26(36)31(27)2)22-11-20(28)10-21(29)12-22/h4-5,7-8,10-12,16,19,23H,3,6,9,14-15H2,1-2H3/t16-,19+,23-,27+/m0/s1. The molecule has 2 aromatic rings. The van der Waals surface area contributed by atoms with Crippen molar-refractivity contribution in [3.05, 3.63) is 63.6 Å². The average Bonchev–Trinajstić information content (AvgIpc) is 3.51. The number of likely N-dealkylation sites (tertiary alicyclic amines) is 1. The average molecular weight is 525 g/mol. The minimum Gasteiger partial charge on any atom is -0.339 e. The number of benzene rings is 2. The van der Waals surface area contributed by atoms with Crippen molar-refractivity contribution in [2.24, 2.45) is 11.8 Å². The van der Waals surface area contributed by atoms with Gasteiger partial charge in [-0.2, -0.15) is 5.26 Å². The summed E-state index contributed by atoms with van der Waals surface area (Å²) in [4.78, 5) is 45.6. The molecule has 4 amide bonds. The number of hydrogen-bond acceptors (Lipinski definition) is 4. The Balaban J connectivity index is 1.58. The van der Waals surface area contributed by atoms with Crippen LogP contribution in [0.15, 0.2) is 42.5 Å². The monoisotopic (exact) mass is 524 g/mol. The van der Waals surface area contributed by atoms with Gasteiger partial charge in [-0.05, 0) is 61.1 Å². The van der Waals surface area contributed by atoms with Crippen LogP contribution >= 0.6 is 23.2 Å². The number of rotatable bonds is 3. The van der Waals surface area contributed by atoms with Gasteiger partial charge in [0.25, 0.3) is 5.91 Å². The van der Waals surface area contributed by atoms with E-state index in [-0.39, 0.29) is 18.4 Å². The fraction of sp³-hybridized carbons (Fsp3) is 0.407. The second-order valence-electron chi connectivity index (χ2n) is 10.2. The van der Waals surface area contributed by atoms with Gasteiger partial charge >= 0.3 is 6.03 Å². The normalized spacial score (nSPS) is 27.9. The van der Waals surface area contributed by atoms with E-state index >= 15 is 0 Å². The number of likely N-dealkylation sites (N-methyl/N-ethyl adjacent to an activating group) is 1. The lowest BCUT2D eigenvalue weighted by Gasteiger charge is -2.33. The quantitative estimate of drug-likeness (QED) is 0.525. The van der Waals surface area contributed by atoms with Crippen LogP contribution in [-0.4, -0.2) is 53.3 Å². The minimum atomic E-state index is -1.29. The third kappa shape index (κ3) is 3.84. The van der Waals surface area contributed by atoms with E-state index in [0.717, 1.165) is 29.7 Å². The van der Waals surface area contributed by atoms with Crippen LogP contribution in [-0.2, 0) is 9.59 Å². The summed E-state index contributed by atoms with van der Waals surface area (Å²) in [5.41, 5.74) is 0.290. The highest BCUT2D eigenvalue weighted by Gasteiger charge is 2.65. The third-order valence-electron chi connectivity index (χ3n) is 7.96. The maximum Gasteiger partial charge on any atom is 0.332 e. The van der Waals surface area contributed by atoms with Crippen molar-refractivity contribution in [3.63, 3.8) is 0 Å². The van der Waals surface area contributed by atoms with E-state index in [1.807, 2.05) is 0 Å². The zero-order chi connectivity index (χ0) is 25.8. The molecule has 0 unspecified atom stereocenters. The summed E-state index contributed by atoms with van der Waals surface area (Å²) in [6.45, 7) is 2.57. The van der Waals surface area contributed by atoms with E-state index < -0.39 is 23.4 Å². The molecule has 0 bridgehead atoms.